The molecule has 2 aromatic rings. The summed E-state index contributed by atoms with van der Waals surface area (Å²) in [6.07, 6.45) is 1.04. The first-order valence-corrected chi connectivity index (χ1v) is 9.87. The van der Waals surface area contributed by atoms with Gasteiger partial charge in [0, 0.05) is 20.1 Å². The van der Waals surface area contributed by atoms with Gasteiger partial charge in [0.2, 0.25) is 10.0 Å². The highest BCUT2D eigenvalue weighted by molar-refractivity contribution is 9.10. The second-order valence-corrected chi connectivity index (χ2v) is 8.87. The van der Waals surface area contributed by atoms with Gasteiger partial charge in [-0.05, 0) is 47.1 Å². The van der Waals surface area contributed by atoms with Crippen molar-refractivity contribution in [1.29, 1.82) is 0 Å². The molecule has 0 radical (unpaired) electrons. The first-order valence-electron chi connectivity index (χ1n) is 6.00. The van der Waals surface area contributed by atoms with E-state index in [1.54, 1.807) is 12.1 Å². The lowest BCUT2D eigenvalue weighted by Crippen LogP contribution is -2.12. The fraction of sp³-hybridized carbons (Fsp3) is 0.154. The number of hydrogen-bond donors (Lipinski definition) is 2. The Morgan fingerprint density at radius 2 is 1.86 bits per heavy atom. The van der Waals surface area contributed by atoms with Gasteiger partial charge in [-0.1, -0.05) is 11.6 Å². The van der Waals surface area contributed by atoms with Crippen LogP contribution < -0.4 is 10.0 Å². The van der Waals surface area contributed by atoms with Crippen LogP contribution in [0.2, 0.25) is 5.02 Å². The molecular weight excluding hydrogens is 412 g/mol. The molecule has 1 heterocycles. The number of halogens is 2. The Kier molecular flexibility index (Phi) is 5.16. The first kappa shape index (κ1) is 17.3. The molecule has 0 unspecified atom stereocenters. The third-order valence-electron chi connectivity index (χ3n) is 2.54. The number of carbonyl (C=O) groups is 1. The Bertz CT molecular complexity index is 814. The third-order valence-corrected chi connectivity index (χ3v) is 5.50. The van der Waals surface area contributed by atoms with Crippen molar-refractivity contribution < 1.29 is 13.2 Å². The molecule has 5 nitrogen and oxygen atoms in total. The molecule has 0 atom stereocenters. The van der Waals surface area contributed by atoms with Crippen molar-refractivity contribution >= 4 is 66.2 Å². The van der Waals surface area contributed by atoms with Gasteiger partial charge in [0.05, 0.1) is 16.8 Å². The SMILES string of the molecule is Cc1sc(C(=O)Nc2cc(Cl)cc(NS(C)(=O)=O)c2)cc1Br. The van der Waals surface area contributed by atoms with E-state index >= 15 is 0 Å². The number of anilines is 2. The summed E-state index contributed by atoms with van der Waals surface area (Å²) in [5.74, 6) is -0.286. The van der Waals surface area contributed by atoms with Crippen LogP contribution in [0.25, 0.3) is 0 Å². The second kappa shape index (κ2) is 6.57. The van der Waals surface area contributed by atoms with Gasteiger partial charge in [-0.2, -0.15) is 0 Å². The minimum Gasteiger partial charge on any atom is -0.321 e. The summed E-state index contributed by atoms with van der Waals surface area (Å²) in [7, 11) is -3.42. The normalized spacial score (nSPS) is 11.3. The molecule has 1 aromatic carbocycles. The molecule has 0 fully saturated rings. The number of benzene rings is 1. The fourth-order valence-corrected chi connectivity index (χ4v) is 3.91. The molecule has 0 spiro atoms. The van der Waals surface area contributed by atoms with Gasteiger partial charge in [0.25, 0.3) is 5.91 Å². The van der Waals surface area contributed by atoms with Crippen molar-refractivity contribution in [1.82, 2.24) is 0 Å². The van der Waals surface area contributed by atoms with Gasteiger partial charge >= 0.3 is 0 Å². The maximum atomic E-state index is 12.2. The molecule has 0 aliphatic rings. The second-order valence-electron chi connectivity index (χ2n) is 4.57. The zero-order chi connectivity index (χ0) is 16.5. The average molecular weight is 424 g/mol. The molecule has 1 amide bonds. The highest BCUT2D eigenvalue weighted by Crippen LogP contribution is 2.28. The number of aryl methyl sites for hydroxylation is 1. The Morgan fingerprint density at radius 3 is 2.41 bits per heavy atom. The molecular formula is C13H12BrClN2O3S2. The van der Waals surface area contributed by atoms with Gasteiger partial charge < -0.3 is 5.32 Å². The van der Waals surface area contributed by atoms with Gasteiger partial charge in [-0.25, -0.2) is 8.42 Å². The third kappa shape index (κ3) is 4.70. The number of carbonyl (C=O) groups excluding carboxylic acids is 1. The van der Waals surface area contributed by atoms with Crippen molar-refractivity contribution in [3.05, 3.63) is 43.5 Å². The fourth-order valence-electron chi connectivity index (χ4n) is 1.70. The molecule has 118 valence electrons. The minimum atomic E-state index is -3.42. The van der Waals surface area contributed by atoms with Crippen LogP contribution in [0, 0.1) is 6.92 Å². The van der Waals surface area contributed by atoms with E-state index in [0.29, 0.717) is 15.6 Å². The van der Waals surface area contributed by atoms with Gasteiger partial charge in [-0.3, -0.25) is 9.52 Å². The van der Waals surface area contributed by atoms with E-state index in [4.69, 9.17) is 11.6 Å². The molecule has 22 heavy (non-hydrogen) atoms. The standard InChI is InChI=1S/C13H12BrClN2O3S2/c1-7-11(14)6-12(21-7)13(18)16-9-3-8(15)4-10(5-9)17-22(2,19)20/h3-6,17H,1-2H3,(H,16,18). The highest BCUT2D eigenvalue weighted by atomic mass is 79.9. The van der Waals surface area contributed by atoms with Crippen LogP contribution in [0.15, 0.2) is 28.7 Å². The van der Waals surface area contributed by atoms with Crippen molar-refractivity contribution in [2.75, 3.05) is 16.3 Å². The van der Waals surface area contributed by atoms with Crippen LogP contribution in [0.3, 0.4) is 0 Å². The lowest BCUT2D eigenvalue weighted by atomic mass is 10.2. The Balaban J connectivity index is 2.24. The topological polar surface area (TPSA) is 75.3 Å². The van der Waals surface area contributed by atoms with E-state index in [1.165, 1.54) is 23.5 Å². The molecule has 0 bridgehead atoms. The Morgan fingerprint density at radius 1 is 1.23 bits per heavy atom. The van der Waals surface area contributed by atoms with Crippen molar-refractivity contribution in [3.8, 4) is 0 Å². The van der Waals surface area contributed by atoms with Crippen molar-refractivity contribution in [2.24, 2.45) is 0 Å². The first-order chi connectivity index (χ1) is 10.1. The van der Waals surface area contributed by atoms with Crippen LogP contribution in [0.5, 0.6) is 0 Å². The summed E-state index contributed by atoms with van der Waals surface area (Å²) in [6, 6.07) is 6.24. The quantitative estimate of drug-likeness (QED) is 0.777. The monoisotopic (exact) mass is 422 g/mol. The van der Waals surface area contributed by atoms with Crippen LogP contribution >= 0.6 is 38.9 Å². The molecule has 0 aliphatic carbocycles. The molecule has 9 heteroatoms. The summed E-state index contributed by atoms with van der Waals surface area (Å²) >= 11 is 10.7. The van der Waals surface area contributed by atoms with E-state index in [-0.39, 0.29) is 11.6 Å². The van der Waals surface area contributed by atoms with Crippen molar-refractivity contribution in [2.45, 2.75) is 6.92 Å². The van der Waals surface area contributed by atoms with Gasteiger partial charge in [0.1, 0.15) is 0 Å². The molecule has 2 N–H and O–H groups in total. The van der Waals surface area contributed by atoms with E-state index in [9.17, 15) is 13.2 Å². The number of nitrogens with one attached hydrogen (secondary N) is 2. The molecule has 2 rings (SSSR count). The summed E-state index contributed by atoms with van der Waals surface area (Å²) < 4.78 is 25.7. The smallest absolute Gasteiger partial charge is 0.265 e. The predicted molar refractivity (Wildman–Crippen MR) is 94.6 cm³/mol. The number of sulfonamides is 1. The van der Waals surface area contributed by atoms with E-state index in [1.807, 2.05) is 6.92 Å². The zero-order valence-corrected chi connectivity index (χ0v) is 15.6. The number of hydrogen-bond acceptors (Lipinski definition) is 4. The average Bonchev–Trinajstić information content (AvgIpc) is 2.66. The highest BCUT2D eigenvalue weighted by Gasteiger charge is 2.13. The summed E-state index contributed by atoms with van der Waals surface area (Å²) in [6.45, 7) is 1.90. The van der Waals surface area contributed by atoms with Gasteiger partial charge in [0.15, 0.2) is 0 Å². The van der Waals surface area contributed by atoms with Crippen LogP contribution in [-0.4, -0.2) is 20.6 Å². The van der Waals surface area contributed by atoms with Crippen LogP contribution in [-0.2, 0) is 10.0 Å². The maximum absolute atomic E-state index is 12.2. The Hall–Kier alpha value is -1.09. The molecule has 0 saturated heterocycles. The van der Waals surface area contributed by atoms with E-state index in [0.717, 1.165) is 15.6 Å². The lowest BCUT2D eigenvalue weighted by molar-refractivity contribution is 0.103. The van der Waals surface area contributed by atoms with Crippen LogP contribution in [0.4, 0.5) is 11.4 Å². The van der Waals surface area contributed by atoms with Crippen molar-refractivity contribution in [3.63, 3.8) is 0 Å². The molecule has 0 saturated carbocycles. The number of thiophene rings is 1. The lowest BCUT2D eigenvalue weighted by Gasteiger charge is -2.09. The largest absolute Gasteiger partial charge is 0.321 e. The number of amides is 1. The maximum Gasteiger partial charge on any atom is 0.265 e. The van der Waals surface area contributed by atoms with E-state index < -0.39 is 10.0 Å². The molecule has 1 aromatic heterocycles. The summed E-state index contributed by atoms with van der Waals surface area (Å²) in [4.78, 5) is 13.7. The zero-order valence-electron chi connectivity index (χ0n) is 11.6. The summed E-state index contributed by atoms with van der Waals surface area (Å²) in [5, 5.41) is 3.01. The van der Waals surface area contributed by atoms with Gasteiger partial charge in [-0.15, -0.1) is 11.3 Å². The predicted octanol–water partition coefficient (Wildman–Crippen LogP) is 4.10. The van der Waals surface area contributed by atoms with E-state index in [2.05, 4.69) is 26.0 Å². The van der Waals surface area contributed by atoms with Crippen LogP contribution in [0.1, 0.15) is 14.5 Å². The molecule has 0 aliphatic heterocycles. The Labute approximate surface area is 145 Å². The minimum absolute atomic E-state index is 0.286. The number of rotatable bonds is 4. The summed E-state index contributed by atoms with van der Waals surface area (Å²) in [5.41, 5.74) is 0.694.